The third-order valence-corrected chi connectivity index (χ3v) is 6.94. The Labute approximate surface area is 227 Å². The Balaban J connectivity index is 1.67. The number of nitrogens with zero attached hydrogens (tertiary/aromatic N) is 5. The van der Waals surface area contributed by atoms with Crippen molar-refractivity contribution in [1.82, 2.24) is 24.3 Å². The smallest absolute Gasteiger partial charge is 0.330 e. The largest absolute Gasteiger partial charge is 0.493 e. The van der Waals surface area contributed by atoms with Crippen molar-refractivity contribution in [2.75, 3.05) is 25.6 Å². The average Bonchev–Trinajstić information content (AvgIpc) is 3.32. The minimum Gasteiger partial charge on any atom is -0.493 e. The topological polar surface area (TPSA) is 111 Å². The van der Waals surface area contributed by atoms with Crippen LogP contribution in [0.25, 0.3) is 11.3 Å². The van der Waals surface area contributed by atoms with Crippen LogP contribution in [0.1, 0.15) is 35.0 Å². The number of benzene rings is 2. The molecule has 0 amide bonds. The molecule has 0 radical (unpaired) electrons. The van der Waals surface area contributed by atoms with Crippen LogP contribution in [0.4, 0.5) is 11.6 Å². The predicted octanol–water partition coefficient (Wildman–Crippen LogP) is 3.98. The maximum Gasteiger partial charge on any atom is 0.330 e. The van der Waals surface area contributed by atoms with E-state index in [0.717, 1.165) is 39.5 Å². The zero-order valence-electron chi connectivity index (χ0n) is 23.4. The summed E-state index contributed by atoms with van der Waals surface area (Å²) in [7, 11) is 1.63. The second-order valence-corrected chi connectivity index (χ2v) is 9.85. The molecule has 1 aliphatic rings. The Morgan fingerprint density at radius 1 is 1.08 bits per heavy atom. The van der Waals surface area contributed by atoms with Crippen LogP contribution >= 0.6 is 0 Å². The third kappa shape index (κ3) is 5.19. The van der Waals surface area contributed by atoms with Gasteiger partial charge in [-0.25, -0.2) is 9.79 Å². The lowest BCUT2D eigenvalue weighted by Crippen LogP contribution is -2.43. The van der Waals surface area contributed by atoms with Gasteiger partial charge in [-0.05, 0) is 69.9 Å². The van der Waals surface area contributed by atoms with Crippen molar-refractivity contribution >= 4 is 11.6 Å². The van der Waals surface area contributed by atoms with Gasteiger partial charge in [0.25, 0.3) is 0 Å². The van der Waals surface area contributed by atoms with E-state index in [1.165, 1.54) is 5.56 Å². The summed E-state index contributed by atoms with van der Waals surface area (Å²) in [6.07, 6.45) is 0.716. The standard InChI is InChI=1S/C29H35N7O3/c1-7-39-25-14-21-8-10-35-23(22(21)15-24(25)38-6)16-26(32-27-18(3)12-17(2)13-19(27)4)36(29(35)37)11-9-30-28-31-20(5)33-34-28/h12-16H,7-11H2,1-6H3,(H2,30,31,33,34)/b32-26+. The molecule has 5 rings (SSSR count). The lowest BCUT2D eigenvalue weighted by molar-refractivity contribution is 0.310. The maximum atomic E-state index is 14.0. The minimum atomic E-state index is -0.111. The van der Waals surface area contributed by atoms with E-state index in [-0.39, 0.29) is 5.69 Å². The zero-order valence-corrected chi connectivity index (χ0v) is 23.4. The summed E-state index contributed by atoms with van der Waals surface area (Å²) in [5, 5.41) is 10.2. The van der Waals surface area contributed by atoms with E-state index in [9.17, 15) is 4.79 Å². The highest BCUT2D eigenvalue weighted by Crippen LogP contribution is 2.37. The molecule has 0 spiro atoms. The van der Waals surface area contributed by atoms with E-state index >= 15 is 0 Å². The summed E-state index contributed by atoms with van der Waals surface area (Å²) in [5.41, 5.74) is 7.55. The van der Waals surface area contributed by atoms with Crippen LogP contribution in [0, 0.1) is 27.7 Å². The fourth-order valence-corrected chi connectivity index (χ4v) is 5.24. The summed E-state index contributed by atoms with van der Waals surface area (Å²) >= 11 is 0. The third-order valence-electron chi connectivity index (χ3n) is 6.94. The zero-order chi connectivity index (χ0) is 27.7. The fraction of sp³-hybridized carbons (Fsp3) is 0.379. The first-order valence-electron chi connectivity index (χ1n) is 13.2. The molecular formula is C29H35N7O3. The van der Waals surface area contributed by atoms with E-state index in [1.54, 1.807) is 11.7 Å². The summed E-state index contributed by atoms with van der Waals surface area (Å²) in [5.74, 6) is 2.58. The number of methoxy groups -OCH3 is 1. The van der Waals surface area contributed by atoms with Crippen molar-refractivity contribution < 1.29 is 9.47 Å². The van der Waals surface area contributed by atoms with Crippen molar-refractivity contribution in [3.8, 4) is 22.8 Å². The van der Waals surface area contributed by atoms with E-state index in [0.29, 0.717) is 55.6 Å². The maximum absolute atomic E-state index is 14.0. The van der Waals surface area contributed by atoms with Gasteiger partial charge < -0.3 is 14.8 Å². The monoisotopic (exact) mass is 529 g/mol. The SMILES string of the molecule is CCOc1cc2c(cc1OC)-c1c/c(=N\c3c(C)cc(C)cc3C)n(CCNc3n[nH]c(C)n3)c(=O)n1CC2. The molecule has 10 heteroatoms. The molecule has 2 N–H and O–H groups in total. The molecule has 204 valence electrons. The molecule has 0 unspecified atom stereocenters. The van der Waals surface area contributed by atoms with Crippen LogP contribution in [0.2, 0.25) is 0 Å². The van der Waals surface area contributed by atoms with Crippen molar-refractivity contribution in [2.45, 2.75) is 54.1 Å². The number of nitrogens with one attached hydrogen (secondary N) is 2. The molecule has 0 bridgehead atoms. The molecule has 39 heavy (non-hydrogen) atoms. The van der Waals surface area contributed by atoms with Gasteiger partial charge in [0, 0.05) is 31.3 Å². The summed E-state index contributed by atoms with van der Waals surface area (Å²) in [4.78, 5) is 23.3. The molecule has 0 saturated heterocycles. The molecular weight excluding hydrogens is 494 g/mol. The van der Waals surface area contributed by atoms with Crippen LogP contribution < -0.4 is 26.0 Å². The lowest BCUT2D eigenvalue weighted by atomic mass is 9.97. The highest BCUT2D eigenvalue weighted by molar-refractivity contribution is 5.70. The number of ether oxygens (including phenoxy) is 2. The Hall–Kier alpha value is -4.34. The van der Waals surface area contributed by atoms with Crippen LogP contribution in [0.3, 0.4) is 0 Å². The lowest BCUT2D eigenvalue weighted by Gasteiger charge is -2.25. The summed E-state index contributed by atoms with van der Waals surface area (Å²) in [6, 6.07) is 10.2. The van der Waals surface area contributed by atoms with Crippen molar-refractivity contribution in [3.05, 3.63) is 74.4 Å². The second kappa shape index (κ2) is 10.8. The van der Waals surface area contributed by atoms with Gasteiger partial charge >= 0.3 is 5.69 Å². The van der Waals surface area contributed by atoms with E-state index in [4.69, 9.17) is 14.5 Å². The molecule has 1 aliphatic heterocycles. The molecule has 0 saturated carbocycles. The van der Waals surface area contributed by atoms with Gasteiger partial charge in [-0.2, -0.15) is 4.98 Å². The quantitative estimate of drug-likeness (QED) is 0.357. The normalized spacial score (nSPS) is 12.7. The first-order valence-corrected chi connectivity index (χ1v) is 13.2. The van der Waals surface area contributed by atoms with E-state index < -0.39 is 0 Å². The number of hydrogen-bond acceptors (Lipinski definition) is 7. The number of aromatic nitrogens is 5. The number of aryl methyl sites for hydroxylation is 5. The van der Waals surface area contributed by atoms with Gasteiger partial charge in [0.15, 0.2) is 11.5 Å². The van der Waals surface area contributed by atoms with Crippen LogP contribution in [-0.4, -0.2) is 44.6 Å². The molecule has 2 aromatic heterocycles. The molecule has 3 heterocycles. The van der Waals surface area contributed by atoms with Crippen molar-refractivity contribution in [3.63, 3.8) is 0 Å². The molecule has 10 nitrogen and oxygen atoms in total. The molecule has 0 aliphatic carbocycles. The highest BCUT2D eigenvalue weighted by Gasteiger charge is 2.22. The number of fused-ring (bicyclic) bond motifs is 3. The van der Waals surface area contributed by atoms with Gasteiger partial charge in [0.1, 0.15) is 11.3 Å². The average molecular weight is 530 g/mol. The number of hydrogen-bond donors (Lipinski definition) is 2. The Kier molecular flexibility index (Phi) is 7.28. The Bertz CT molecular complexity index is 1640. The van der Waals surface area contributed by atoms with E-state index in [1.807, 2.05) is 36.6 Å². The Morgan fingerprint density at radius 3 is 2.51 bits per heavy atom. The van der Waals surface area contributed by atoms with Gasteiger partial charge in [0.2, 0.25) is 5.95 Å². The minimum absolute atomic E-state index is 0.111. The van der Waals surface area contributed by atoms with E-state index in [2.05, 4.69) is 53.4 Å². The summed E-state index contributed by atoms with van der Waals surface area (Å²) in [6.45, 7) is 12.0. The highest BCUT2D eigenvalue weighted by atomic mass is 16.5. The molecule has 0 atom stereocenters. The summed E-state index contributed by atoms with van der Waals surface area (Å²) < 4.78 is 15.0. The fourth-order valence-electron chi connectivity index (χ4n) is 5.24. The number of H-pyrrole nitrogens is 1. The number of anilines is 1. The molecule has 2 aromatic carbocycles. The van der Waals surface area contributed by atoms with Gasteiger partial charge in [-0.1, -0.05) is 17.7 Å². The second-order valence-electron chi connectivity index (χ2n) is 9.85. The van der Waals surface area contributed by atoms with Crippen molar-refractivity contribution in [1.29, 1.82) is 0 Å². The van der Waals surface area contributed by atoms with Crippen LogP contribution in [0.5, 0.6) is 11.5 Å². The first kappa shape index (κ1) is 26.3. The number of aromatic amines is 1. The van der Waals surface area contributed by atoms with Crippen LogP contribution in [0.15, 0.2) is 40.1 Å². The molecule has 0 fully saturated rings. The Morgan fingerprint density at radius 2 is 1.85 bits per heavy atom. The van der Waals surface area contributed by atoms with Gasteiger partial charge in [-0.3, -0.25) is 14.2 Å². The molecule has 4 aromatic rings. The van der Waals surface area contributed by atoms with Crippen molar-refractivity contribution in [2.24, 2.45) is 4.99 Å². The number of rotatable bonds is 8. The first-order chi connectivity index (χ1) is 18.8. The van der Waals surface area contributed by atoms with Gasteiger partial charge in [0.05, 0.1) is 25.1 Å². The van der Waals surface area contributed by atoms with Gasteiger partial charge in [-0.15, -0.1) is 5.10 Å². The predicted molar refractivity (Wildman–Crippen MR) is 151 cm³/mol. The van der Waals surface area contributed by atoms with Crippen LogP contribution in [-0.2, 0) is 19.5 Å².